The summed E-state index contributed by atoms with van der Waals surface area (Å²) in [6, 6.07) is 6.22. The third-order valence-corrected chi connectivity index (χ3v) is 9.81. The van der Waals surface area contributed by atoms with Crippen molar-refractivity contribution in [1.29, 1.82) is 0 Å². The number of carbonyl (C=O) groups is 3. The van der Waals surface area contributed by atoms with Crippen molar-refractivity contribution in [2.45, 2.75) is 40.6 Å². The molecule has 1 spiro atoms. The Bertz CT molecular complexity index is 900. The van der Waals surface area contributed by atoms with Crippen molar-refractivity contribution < 1.29 is 24.2 Å². The topological polar surface area (TPSA) is 108 Å². The number of amides is 3. The molecular weight excluding hydrogens is 498 g/mol. The van der Waals surface area contributed by atoms with Crippen LogP contribution in [0, 0.1) is 11.8 Å². The Morgan fingerprint density at radius 3 is 2.66 bits per heavy atom. The Morgan fingerprint density at radius 1 is 1.31 bits per heavy atom. The molecule has 8 nitrogen and oxygen atoms in total. The zero-order valence-electron chi connectivity index (χ0n) is 18.0. The largest absolute Gasteiger partial charge is 0.497 e. The minimum atomic E-state index is -0.770. The van der Waals surface area contributed by atoms with E-state index in [2.05, 4.69) is 26.6 Å². The lowest BCUT2D eigenvalue weighted by atomic mass is 9.70. The molecule has 0 saturated carbocycles. The molecule has 3 amide bonds. The van der Waals surface area contributed by atoms with Crippen molar-refractivity contribution in [1.82, 2.24) is 10.2 Å². The molecule has 0 radical (unpaired) electrons. The van der Waals surface area contributed by atoms with Gasteiger partial charge in [0.1, 0.15) is 11.8 Å². The zero-order valence-corrected chi connectivity index (χ0v) is 20.4. The van der Waals surface area contributed by atoms with Crippen LogP contribution in [0.5, 0.6) is 5.75 Å². The maximum atomic E-state index is 13.5. The van der Waals surface area contributed by atoms with Crippen molar-refractivity contribution in [2.75, 3.05) is 32.1 Å². The van der Waals surface area contributed by atoms with Crippen molar-refractivity contribution in [3.63, 3.8) is 0 Å². The Labute approximate surface area is 199 Å². The molecule has 0 aromatic heterocycles. The van der Waals surface area contributed by atoms with Crippen molar-refractivity contribution in [3.8, 4) is 5.75 Å². The second kappa shape index (κ2) is 9.23. The highest BCUT2D eigenvalue weighted by Crippen LogP contribution is 2.67. The molecule has 3 N–H and O–H groups in total. The van der Waals surface area contributed by atoms with Gasteiger partial charge >= 0.3 is 0 Å². The predicted molar refractivity (Wildman–Crippen MR) is 126 cm³/mol. The van der Waals surface area contributed by atoms with Gasteiger partial charge in [-0.05, 0) is 37.1 Å². The van der Waals surface area contributed by atoms with E-state index in [9.17, 15) is 19.5 Å². The number of β-amino-alcohol motifs (C(OH)–C–C–N with tert-alkyl or cyclic N) is 1. The highest BCUT2D eigenvalue weighted by molar-refractivity contribution is 9.09. The van der Waals surface area contributed by atoms with Crippen LogP contribution < -0.4 is 15.4 Å². The van der Waals surface area contributed by atoms with Gasteiger partial charge in [-0.2, -0.15) is 0 Å². The SMILES string of the molecule is CCCNC(=O)[C@H]1[C@@H]2SC3(CC2Br)C(C(=O)Nc2ccc(OC)cc2)N(CCO)C(=O)[C@H]13. The monoisotopic (exact) mass is 525 g/mol. The first-order valence-electron chi connectivity index (χ1n) is 10.8. The normalized spacial score (nSPS) is 32.7. The number of carbonyl (C=O) groups excluding carboxylic acids is 3. The fourth-order valence-corrected chi connectivity index (χ4v) is 8.94. The Morgan fingerprint density at radius 2 is 2.03 bits per heavy atom. The third kappa shape index (κ3) is 3.70. The quantitative estimate of drug-likeness (QED) is 0.445. The summed E-state index contributed by atoms with van der Waals surface area (Å²) in [6.07, 6.45) is 1.42. The van der Waals surface area contributed by atoms with Gasteiger partial charge in [-0.1, -0.05) is 22.9 Å². The molecule has 3 aliphatic heterocycles. The van der Waals surface area contributed by atoms with Gasteiger partial charge in [0.15, 0.2) is 0 Å². The maximum Gasteiger partial charge on any atom is 0.248 e. The maximum absolute atomic E-state index is 13.5. The van der Waals surface area contributed by atoms with Crippen LogP contribution in [0.15, 0.2) is 24.3 Å². The fraction of sp³-hybridized carbons (Fsp3) is 0.591. The van der Waals surface area contributed by atoms with E-state index >= 15 is 0 Å². The van der Waals surface area contributed by atoms with Gasteiger partial charge in [-0.25, -0.2) is 0 Å². The molecule has 3 saturated heterocycles. The van der Waals surface area contributed by atoms with Crippen molar-refractivity contribution in [3.05, 3.63) is 24.3 Å². The summed E-state index contributed by atoms with van der Waals surface area (Å²) >= 11 is 5.30. The van der Waals surface area contributed by atoms with Gasteiger partial charge in [0.2, 0.25) is 17.7 Å². The van der Waals surface area contributed by atoms with E-state index in [-0.39, 0.29) is 41.0 Å². The number of aliphatic hydroxyl groups is 1. The fourth-order valence-electron chi connectivity index (χ4n) is 5.33. The number of nitrogens with one attached hydrogen (secondary N) is 2. The Hall–Kier alpha value is -1.78. The number of nitrogens with zero attached hydrogens (tertiary/aromatic N) is 1. The minimum absolute atomic E-state index is 0.0271. The molecule has 1 aromatic rings. The molecule has 3 aliphatic rings. The summed E-state index contributed by atoms with van der Waals surface area (Å²) in [5.41, 5.74) is 0.595. The smallest absolute Gasteiger partial charge is 0.248 e. The molecule has 6 atom stereocenters. The van der Waals surface area contributed by atoms with Crippen LogP contribution in [0.4, 0.5) is 5.69 Å². The number of anilines is 1. The van der Waals surface area contributed by atoms with Gasteiger partial charge in [-0.15, -0.1) is 11.8 Å². The summed E-state index contributed by atoms with van der Waals surface area (Å²) in [7, 11) is 1.57. The number of methoxy groups -OCH3 is 1. The van der Waals surface area contributed by atoms with Crippen LogP contribution in [0.3, 0.4) is 0 Å². The summed E-state index contributed by atoms with van der Waals surface area (Å²) in [5, 5.41) is 15.4. The number of thioether (sulfide) groups is 1. The van der Waals surface area contributed by atoms with E-state index in [0.29, 0.717) is 24.4 Å². The molecule has 10 heteroatoms. The third-order valence-electron chi connectivity index (χ3n) is 6.59. The summed E-state index contributed by atoms with van der Waals surface area (Å²) in [5.74, 6) is -1.07. The number of likely N-dealkylation sites (tertiary alicyclic amines) is 1. The molecule has 1 aromatic carbocycles. The number of hydrogen-bond acceptors (Lipinski definition) is 6. The van der Waals surface area contributed by atoms with E-state index < -0.39 is 22.6 Å². The summed E-state index contributed by atoms with van der Waals surface area (Å²) in [4.78, 5) is 41.6. The van der Waals surface area contributed by atoms with Crippen LogP contribution in [0.2, 0.25) is 0 Å². The van der Waals surface area contributed by atoms with Gasteiger partial charge in [0.25, 0.3) is 0 Å². The number of rotatable bonds is 8. The summed E-state index contributed by atoms with van der Waals surface area (Å²) in [6.45, 7) is 2.34. The van der Waals surface area contributed by atoms with E-state index in [1.165, 1.54) is 4.90 Å². The standard InChI is InChI=1S/C22H28BrN3O5S/c1-3-8-24-19(28)15-16-21(30)26(9-10-27)18(22(16)11-14(23)17(15)32-22)20(29)25-12-4-6-13(31-2)7-5-12/h4-7,14-18,27H,3,8-11H2,1-2H3,(H,24,28)(H,25,29)/t14?,15-,16+,17-,18?,22?/m1/s1. The molecule has 4 rings (SSSR count). The Balaban J connectivity index is 1.66. The number of aliphatic hydroxyl groups excluding tert-OH is 1. The van der Waals surface area contributed by atoms with Gasteiger partial charge in [0, 0.05) is 28.9 Å². The number of hydrogen-bond donors (Lipinski definition) is 3. The molecule has 2 bridgehead atoms. The van der Waals surface area contributed by atoms with E-state index in [1.807, 2.05) is 6.92 Å². The Kier molecular flexibility index (Phi) is 6.74. The van der Waals surface area contributed by atoms with Crippen LogP contribution >= 0.6 is 27.7 Å². The number of ether oxygens (including phenoxy) is 1. The molecule has 3 unspecified atom stereocenters. The zero-order chi connectivity index (χ0) is 23.0. The average molecular weight is 526 g/mol. The lowest BCUT2D eigenvalue weighted by Gasteiger charge is -2.35. The van der Waals surface area contributed by atoms with Crippen molar-refractivity contribution >= 4 is 51.1 Å². The molecule has 3 fully saturated rings. The molecule has 3 heterocycles. The average Bonchev–Trinajstić information content (AvgIpc) is 3.36. The second-order valence-electron chi connectivity index (χ2n) is 8.43. The van der Waals surface area contributed by atoms with Crippen molar-refractivity contribution in [2.24, 2.45) is 11.8 Å². The van der Waals surface area contributed by atoms with E-state index in [4.69, 9.17) is 4.74 Å². The van der Waals surface area contributed by atoms with Crippen LogP contribution in [0.1, 0.15) is 19.8 Å². The van der Waals surface area contributed by atoms with E-state index in [0.717, 1.165) is 6.42 Å². The highest BCUT2D eigenvalue weighted by atomic mass is 79.9. The van der Waals surface area contributed by atoms with Gasteiger partial charge in [-0.3, -0.25) is 14.4 Å². The van der Waals surface area contributed by atoms with Crippen LogP contribution in [-0.2, 0) is 14.4 Å². The van der Waals surface area contributed by atoms with Gasteiger partial charge < -0.3 is 25.4 Å². The first-order valence-corrected chi connectivity index (χ1v) is 12.6. The van der Waals surface area contributed by atoms with E-state index in [1.54, 1.807) is 43.1 Å². The minimum Gasteiger partial charge on any atom is -0.497 e. The molecule has 32 heavy (non-hydrogen) atoms. The van der Waals surface area contributed by atoms with Crippen LogP contribution in [0.25, 0.3) is 0 Å². The first-order chi connectivity index (χ1) is 15.4. The molecule has 0 aliphatic carbocycles. The molecular formula is C22H28BrN3O5S. The number of alkyl halides is 1. The lowest BCUT2D eigenvalue weighted by molar-refractivity contribution is -0.139. The number of benzene rings is 1. The van der Waals surface area contributed by atoms with Crippen LogP contribution in [-0.4, -0.2) is 75.4 Å². The number of halogens is 1. The summed E-state index contributed by atoms with van der Waals surface area (Å²) < 4.78 is 4.45. The molecule has 174 valence electrons. The predicted octanol–water partition coefficient (Wildman–Crippen LogP) is 1.62. The lowest BCUT2D eigenvalue weighted by Crippen LogP contribution is -2.53. The highest BCUT2D eigenvalue weighted by Gasteiger charge is 2.75. The second-order valence-corrected chi connectivity index (χ2v) is 11.1. The first kappa shape index (κ1) is 23.4. The number of fused-ring (bicyclic) bond motifs is 1. The van der Waals surface area contributed by atoms with Gasteiger partial charge in [0.05, 0.1) is 30.3 Å².